The van der Waals surface area contributed by atoms with Crippen LogP contribution in [0.2, 0.25) is 0 Å². The average molecular weight is 338 g/mol. The Hall–Kier alpha value is -2.14. The van der Waals surface area contributed by atoms with E-state index in [2.05, 4.69) is 27.9 Å². The van der Waals surface area contributed by atoms with Gasteiger partial charge in [0.25, 0.3) is 5.91 Å². The molecule has 2 saturated heterocycles. The fourth-order valence-corrected chi connectivity index (χ4v) is 4.43. The molecule has 2 atom stereocenters. The maximum atomic E-state index is 13.2. The van der Waals surface area contributed by atoms with Crippen molar-refractivity contribution in [2.45, 2.75) is 44.3 Å². The highest BCUT2D eigenvalue weighted by atomic mass is 16.2. The van der Waals surface area contributed by atoms with Gasteiger partial charge in [-0.3, -0.25) is 4.79 Å². The molecule has 3 heterocycles. The third-order valence-electron chi connectivity index (χ3n) is 5.68. The lowest BCUT2D eigenvalue weighted by Gasteiger charge is -2.33. The standard InChI is InChI=1S/C20H26N4O/c1-22-10-3-7-18(22)19-8-4-11-24(19)20(25)17-6-2-5-16(13-17)14-23-12-9-21-15-23/h2,5-6,9,12-13,15,18-19H,3-4,7-8,10-11,14H2,1H3/t18-,19+/m0/s1. The molecule has 0 saturated carbocycles. The molecule has 132 valence electrons. The molecule has 5 heteroatoms. The summed E-state index contributed by atoms with van der Waals surface area (Å²) < 4.78 is 2.02. The number of hydrogen-bond donors (Lipinski definition) is 0. The molecule has 0 spiro atoms. The van der Waals surface area contributed by atoms with Crippen LogP contribution in [0, 0.1) is 0 Å². The lowest BCUT2D eigenvalue weighted by molar-refractivity contribution is 0.0664. The molecular formula is C20H26N4O. The van der Waals surface area contributed by atoms with E-state index < -0.39 is 0 Å². The van der Waals surface area contributed by atoms with Gasteiger partial charge in [0, 0.05) is 43.1 Å². The van der Waals surface area contributed by atoms with E-state index in [0.29, 0.717) is 12.1 Å². The van der Waals surface area contributed by atoms with Gasteiger partial charge in [-0.25, -0.2) is 4.98 Å². The summed E-state index contributed by atoms with van der Waals surface area (Å²) in [4.78, 5) is 21.8. The van der Waals surface area contributed by atoms with Crippen LogP contribution >= 0.6 is 0 Å². The van der Waals surface area contributed by atoms with Gasteiger partial charge < -0.3 is 14.4 Å². The zero-order valence-electron chi connectivity index (χ0n) is 14.8. The van der Waals surface area contributed by atoms with Crippen molar-refractivity contribution in [1.82, 2.24) is 19.4 Å². The summed E-state index contributed by atoms with van der Waals surface area (Å²) in [5.74, 6) is 0.190. The average Bonchev–Trinajstić information content (AvgIpc) is 3.35. The number of likely N-dealkylation sites (N-methyl/N-ethyl adjacent to an activating group) is 1. The predicted molar refractivity (Wildman–Crippen MR) is 97.5 cm³/mol. The number of carbonyl (C=O) groups excluding carboxylic acids is 1. The Morgan fingerprint density at radius 3 is 2.80 bits per heavy atom. The van der Waals surface area contributed by atoms with Gasteiger partial charge in [-0.1, -0.05) is 12.1 Å². The minimum atomic E-state index is 0.190. The fourth-order valence-electron chi connectivity index (χ4n) is 4.43. The number of rotatable bonds is 4. The van der Waals surface area contributed by atoms with E-state index in [1.165, 1.54) is 12.8 Å². The largest absolute Gasteiger partial charge is 0.334 e. The predicted octanol–water partition coefficient (Wildman–Crippen LogP) is 2.63. The Morgan fingerprint density at radius 1 is 1.20 bits per heavy atom. The van der Waals surface area contributed by atoms with Gasteiger partial charge in [0.1, 0.15) is 0 Å². The first-order valence-electron chi connectivity index (χ1n) is 9.28. The molecule has 2 aromatic rings. The van der Waals surface area contributed by atoms with E-state index in [9.17, 15) is 4.79 Å². The van der Waals surface area contributed by atoms with Crippen molar-refractivity contribution in [3.63, 3.8) is 0 Å². The van der Waals surface area contributed by atoms with Crippen molar-refractivity contribution in [1.29, 1.82) is 0 Å². The van der Waals surface area contributed by atoms with Crippen LogP contribution in [0.3, 0.4) is 0 Å². The number of imidazole rings is 1. The highest BCUT2D eigenvalue weighted by Crippen LogP contribution is 2.30. The lowest BCUT2D eigenvalue weighted by Crippen LogP contribution is -2.47. The van der Waals surface area contributed by atoms with Crippen LogP contribution in [0.25, 0.3) is 0 Å². The smallest absolute Gasteiger partial charge is 0.254 e. The number of hydrogen-bond acceptors (Lipinski definition) is 3. The monoisotopic (exact) mass is 338 g/mol. The van der Waals surface area contributed by atoms with Crippen LogP contribution in [-0.4, -0.2) is 57.5 Å². The first-order chi connectivity index (χ1) is 12.2. The van der Waals surface area contributed by atoms with Crippen LogP contribution in [-0.2, 0) is 6.54 Å². The van der Waals surface area contributed by atoms with Crippen molar-refractivity contribution >= 4 is 5.91 Å². The summed E-state index contributed by atoms with van der Waals surface area (Å²) >= 11 is 0. The highest BCUT2D eigenvalue weighted by Gasteiger charge is 2.38. The molecule has 4 rings (SSSR count). The van der Waals surface area contributed by atoms with Gasteiger partial charge in [0.2, 0.25) is 0 Å². The molecule has 1 aromatic carbocycles. The number of likely N-dealkylation sites (tertiary alicyclic amines) is 2. The summed E-state index contributed by atoms with van der Waals surface area (Å²) in [6.07, 6.45) is 10.3. The minimum Gasteiger partial charge on any atom is -0.334 e. The second-order valence-corrected chi connectivity index (χ2v) is 7.33. The molecule has 0 unspecified atom stereocenters. The number of amides is 1. The van der Waals surface area contributed by atoms with E-state index in [4.69, 9.17) is 0 Å². The van der Waals surface area contributed by atoms with Gasteiger partial charge in [0.05, 0.1) is 6.33 Å². The van der Waals surface area contributed by atoms with Crippen molar-refractivity contribution in [2.24, 2.45) is 0 Å². The fraction of sp³-hybridized carbons (Fsp3) is 0.500. The number of nitrogens with zero attached hydrogens (tertiary/aromatic N) is 4. The molecule has 2 aliphatic rings. The van der Waals surface area contributed by atoms with E-state index in [1.54, 1.807) is 12.5 Å². The van der Waals surface area contributed by atoms with Crippen molar-refractivity contribution in [2.75, 3.05) is 20.1 Å². The van der Waals surface area contributed by atoms with Gasteiger partial charge >= 0.3 is 0 Å². The van der Waals surface area contributed by atoms with Crippen molar-refractivity contribution < 1.29 is 4.79 Å². The Bertz CT molecular complexity index is 727. The number of benzene rings is 1. The normalized spacial score (nSPS) is 24.1. The summed E-state index contributed by atoms with van der Waals surface area (Å²) in [7, 11) is 2.20. The molecule has 0 radical (unpaired) electrons. The van der Waals surface area contributed by atoms with Gasteiger partial charge in [0.15, 0.2) is 0 Å². The highest BCUT2D eigenvalue weighted by molar-refractivity contribution is 5.94. The summed E-state index contributed by atoms with van der Waals surface area (Å²) in [6, 6.07) is 8.96. The van der Waals surface area contributed by atoms with E-state index in [1.807, 2.05) is 29.0 Å². The lowest BCUT2D eigenvalue weighted by atomic mass is 10.0. The second-order valence-electron chi connectivity index (χ2n) is 7.33. The summed E-state index contributed by atoms with van der Waals surface area (Å²) in [5, 5.41) is 0. The molecule has 5 nitrogen and oxygen atoms in total. The second kappa shape index (κ2) is 7.00. The van der Waals surface area contributed by atoms with E-state index in [0.717, 1.165) is 43.6 Å². The molecular weight excluding hydrogens is 312 g/mol. The third kappa shape index (κ3) is 3.33. The zero-order valence-corrected chi connectivity index (χ0v) is 14.8. The molecule has 2 aliphatic heterocycles. The van der Waals surface area contributed by atoms with Crippen LogP contribution < -0.4 is 0 Å². The maximum absolute atomic E-state index is 13.2. The van der Waals surface area contributed by atoms with Crippen LogP contribution in [0.5, 0.6) is 0 Å². The molecule has 0 N–H and O–H groups in total. The van der Waals surface area contributed by atoms with Gasteiger partial charge in [-0.05, 0) is 57.0 Å². The molecule has 2 fully saturated rings. The van der Waals surface area contributed by atoms with E-state index >= 15 is 0 Å². The Kier molecular flexibility index (Phi) is 4.57. The summed E-state index contributed by atoms with van der Waals surface area (Å²) in [6.45, 7) is 2.79. The third-order valence-corrected chi connectivity index (χ3v) is 5.68. The van der Waals surface area contributed by atoms with Crippen LogP contribution in [0.1, 0.15) is 41.6 Å². The van der Waals surface area contributed by atoms with Crippen LogP contribution in [0.15, 0.2) is 43.0 Å². The minimum absolute atomic E-state index is 0.190. The zero-order chi connectivity index (χ0) is 17.2. The molecule has 1 aromatic heterocycles. The first-order valence-corrected chi connectivity index (χ1v) is 9.28. The molecule has 25 heavy (non-hydrogen) atoms. The summed E-state index contributed by atoms with van der Waals surface area (Å²) in [5.41, 5.74) is 1.95. The maximum Gasteiger partial charge on any atom is 0.254 e. The Balaban J connectivity index is 1.51. The molecule has 0 aliphatic carbocycles. The Labute approximate surface area is 149 Å². The van der Waals surface area contributed by atoms with E-state index in [-0.39, 0.29) is 5.91 Å². The van der Waals surface area contributed by atoms with Crippen LogP contribution in [0.4, 0.5) is 0 Å². The Morgan fingerprint density at radius 2 is 2.04 bits per heavy atom. The molecule has 1 amide bonds. The number of carbonyl (C=O) groups is 1. The van der Waals surface area contributed by atoms with Gasteiger partial charge in [-0.2, -0.15) is 0 Å². The van der Waals surface area contributed by atoms with Crippen molar-refractivity contribution in [3.8, 4) is 0 Å². The number of aromatic nitrogens is 2. The quantitative estimate of drug-likeness (QED) is 0.860. The first kappa shape index (κ1) is 16.3. The van der Waals surface area contributed by atoms with Gasteiger partial charge in [-0.15, -0.1) is 0 Å². The molecule has 0 bridgehead atoms. The SMILES string of the molecule is CN1CCC[C@H]1[C@H]1CCCN1C(=O)c1cccc(Cn2ccnc2)c1. The topological polar surface area (TPSA) is 41.4 Å². The van der Waals surface area contributed by atoms with Crippen molar-refractivity contribution in [3.05, 3.63) is 54.1 Å².